The molecule has 2 aromatic rings. The molecule has 3 heterocycles. The summed E-state index contributed by atoms with van der Waals surface area (Å²) in [4.78, 5) is 7.05. The van der Waals surface area contributed by atoms with Crippen LogP contribution < -0.4 is 0 Å². The highest BCUT2D eigenvalue weighted by Crippen LogP contribution is 2.35. The van der Waals surface area contributed by atoms with Gasteiger partial charge in [-0.05, 0) is 25.5 Å². The molecule has 4 N–H and O–H groups in total. The molecule has 6 nitrogen and oxygen atoms in total. The first-order chi connectivity index (χ1) is 10.8. The Morgan fingerprint density at radius 2 is 2.04 bits per heavy atom. The zero-order chi connectivity index (χ0) is 16.9. The van der Waals surface area contributed by atoms with Crippen LogP contribution in [0.3, 0.4) is 0 Å². The van der Waals surface area contributed by atoms with Gasteiger partial charge in [0, 0.05) is 10.9 Å². The van der Waals surface area contributed by atoms with Crippen LogP contribution in [0.25, 0.3) is 11.0 Å². The van der Waals surface area contributed by atoms with Crippen LogP contribution in [0.4, 0.5) is 4.39 Å². The Kier molecular flexibility index (Phi) is 4.19. The molecule has 4 atom stereocenters. The molecule has 0 bridgehead atoms. The minimum atomic E-state index is -1.23. The number of rotatable bonds is 2. The predicted molar refractivity (Wildman–Crippen MR) is 83.1 cm³/mol. The second kappa shape index (κ2) is 5.88. The average Bonchev–Trinajstić information content (AvgIpc) is 2.80. The molecule has 0 aliphatic carbocycles. The normalized spacial score (nSPS) is 27.7. The van der Waals surface area contributed by atoms with Crippen molar-refractivity contribution < 1.29 is 24.4 Å². The molecule has 0 aromatic carbocycles. The summed E-state index contributed by atoms with van der Waals surface area (Å²) in [6.07, 6.45) is -4.25. The number of hydrogen-bond acceptors (Lipinski definition) is 6. The van der Waals surface area contributed by atoms with Crippen molar-refractivity contribution in [1.29, 1.82) is 0 Å². The van der Waals surface area contributed by atoms with Gasteiger partial charge in [0.25, 0.3) is 0 Å². The van der Waals surface area contributed by atoms with Gasteiger partial charge >= 0.3 is 0 Å². The number of aliphatic hydroxyl groups excluding tert-OH is 3. The number of hydrogen-bond donors (Lipinski definition) is 4. The van der Waals surface area contributed by atoms with Gasteiger partial charge < -0.3 is 25.0 Å². The smallest absolute Gasteiger partial charge is 0.148 e. The van der Waals surface area contributed by atoms with E-state index in [0.29, 0.717) is 22.2 Å². The largest absolute Gasteiger partial charge is 0.394 e. The van der Waals surface area contributed by atoms with E-state index in [0.717, 1.165) is 0 Å². The van der Waals surface area contributed by atoms with E-state index >= 15 is 0 Å². The SMILES string of the molecule is Cc1nc2[nH]c(=S)c(C3OC(CO)C(O)C3O)cc2c(C)c1F. The number of aromatic nitrogens is 2. The maximum Gasteiger partial charge on any atom is 0.148 e. The van der Waals surface area contributed by atoms with Gasteiger partial charge in [0.1, 0.15) is 40.5 Å². The number of aryl methyl sites for hydroxylation is 2. The number of pyridine rings is 2. The topological polar surface area (TPSA) is 98.6 Å². The monoisotopic (exact) mass is 340 g/mol. The molecule has 1 aliphatic heterocycles. The Morgan fingerprint density at radius 1 is 1.35 bits per heavy atom. The van der Waals surface area contributed by atoms with Crippen molar-refractivity contribution in [2.45, 2.75) is 38.3 Å². The molecule has 3 rings (SSSR count). The van der Waals surface area contributed by atoms with E-state index in [-0.39, 0.29) is 10.3 Å². The first-order valence-corrected chi connectivity index (χ1v) is 7.58. The van der Waals surface area contributed by atoms with E-state index < -0.39 is 36.8 Å². The van der Waals surface area contributed by atoms with Gasteiger partial charge in [-0.25, -0.2) is 9.37 Å². The lowest BCUT2D eigenvalue weighted by Crippen LogP contribution is -2.32. The fourth-order valence-corrected chi connectivity index (χ4v) is 3.16. The van der Waals surface area contributed by atoms with Crippen LogP contribution in [0.2, 0.25) is 0 Å². The summed E-state index contributed by atoms with van der Waals surface area (Å²) < 4.78 is 19.8. The first-order valence-electron chi connectivity index (χ1n) is 7.17. The second-order valence-corrected chi connectivity index (χ2v) is 6.12. The van der Waals surface area contributed by atoms with Gasteiger partial charge in [-0.15, -0.1) is 0 Å². The molecule has 124 valence electrons. The van der Waals surface area contributed by atoms with Gasteiger partial charge in [0.2, 0.25) is 0 Å². The third-order valence-electron chi connectivity index (χ3n) is 4.23. The Morgan fingerprint density at radius 3 is 2.65 bits per heavy atom. The highest BCUT2D eigenvalue weighted by molar-refractivity contribution is 7.71. The molecule has 23 heavy (non-hydrogen) atoms. The van der Waals surface area contributed by atoms with Crippen LogP contribution in [-0.2, 0) is 4.74 Å². The van der Waals surface area contributed by atoms with Crippen LogP contribution >= 0.6 is 12.2 Å². The molecular formula is C15H17FN2O4S. The van der Waals surface area contributed by atoms with E-state index in [9.17, 15) is 19.7 Å². The van der Waals surface area contributed by atoms with Crippen LogP contribution in [-0.4, -0.2) is 50.2 Å². The maximum atomic E-state index is 14.1. The highest BCUT2D eigenvalue weighted by atomic mass is 32.1. The zero-order valence-corrected chi connectivity index (χ0v) is 13.4. The summed E-state index contributed by atoms with van der Waals surface area (Å²) in [6, 6.07) is 1.61. The maximum absolute atomic E-state index is 14.1. The summed E-state index contributed by atoms with van der Waals surface area (Å²) in [7, 11) is 0. The molecule has 1 aliphatic rings. The number of aliphatic hydroxyl groups is 3. The van der Waals surface area contributed by atoms with Crippen molar-refractivity contribution in [3.05, 3.63) is 33.3 Å². The van der Waals surface area contributed by atoms with Gasteiger partial charge in [0.05, 0.1) is 12.3 Å². The fraction of sp³-hybridized carbons (Fsp3) is 0.467. The number of H-pyrrole nitrogens is 1. The Balaban J connectivity index is 2.16. The van der Waals surface area contributed by atoms with Crippen LogP contribution in [0.15, 0.2) is 6.07 Å². The number of halogens is 1. The molecule has 0 amide bonds. The van der Waals surface area contributed by atoms with E-state index in [1.165, 1.54) is 0 Å². The number of nitrogens with zero attached hydrogens (tertiary/aromatic N) is 1. The molecule has 4 unspecified atom stereocenters. The van der Waals surface area contributed by atoms with Crippen LogP contribution in [0.5, 0.6) is 0 Å². The zero-order valence-electron chi connectivity index (χ0n) is 12.6. The van der Waals surface area contributed by atoms with Crippen molar-refractivity contribution in [2.24, 2.45) is 0 Å². The third kappa shape index (κ3) is 2.56. The van der Waals surface area contributed by atoms with Gasteiger partial charge in [-0.2, -0.15) is 0 Å². The van der Waals surface area contributed by atoms with Crippen LogP contribution in [0, 0.1) is 24.3 Å². The number of ether oxygens (including phenoxy) is 1. The minimum absolute atomic E-state index is 0.265. The second-order valence-electron chi connectivity index (χ2n) is 5.71. The molecular weight excluding hydrogens is 323 g/mol. The molecule has 1 fully saturated rings. The van der Waals surface area contributed by atoms with E-state index in [2.05, 4.69) is 9.97 Å². The minimum Gasteiger partial charge on any atom is -0.394 e. The summed E-state index contributed by atoms with van der Waals surface area (Å²) in [5, 5.41) is 29.7. The number of fused-ring (bicyclic) bond motifs is 1. The predicted octanol–water partition coefficient (Wildman–Crippen LogP) is 1.20. The van der Waals surface area contributed by atoms with Crippen molar-refractivity contribution in [3.63, 3.8) is 0 Å². The molecule has 0 radical (unpaired) electrons. The third-order valence-corrected chi connectivity index (χ3v) is 4.57. The van der Waals surface area contributed by atoms with Gasteiger partial charge in [0.15, 0.2) is 0 Å². The van der Waals surface area contributed by atoms with Gasteiger partial charge in [-0.3, -0.25) is 0 Å². The molecule has 1 saturated heterocycles. The van der Waals surface area contributed by atoms with Crippen molar-refractivity contribution >= 4 is 23.3 Å². The fourth-order valence-electron chi connectivity index (χ4n) is 2.88. The lowest BCUT2D eigenvalue weighted by Gasteiger charge is -2.16. The Bertz CT molecular complexity index is 825. The summed E-state index contributed by atoms with van der Waals surface area (Å²) >= 11 is 5.28. The number of nitrogens with one attached hydrogen (secondary N) is 1. The standard InChI is InChI=1S/C15H17FN2O4S/c1-5-7-3-8(13-12(21)11(20)9(4-19)22-13)15(23)18-14(7)17-6(2)10(5)16/h3,9,11-13,19-21H,4H2,1-2H3,(H,17,18,23). The lowest BCUT2D eigenvalue weighted by atomic mass is 10.0. The summed E-state index contributed by atoms with van der Waals surface area (Å²) in [6.45, 7) is 2.77. The highest BCUT2D eigenvalue weighted by Gasteiger charge is 2.43. The van der Waals surface area contributed by atoms with E-state index in [1.807, 2.05) is 0 Å². The van der Waals surface area contributed by atoms with Crippen molar-refractivity contribution in [3.8, 4) is 0 Å². The molecule has 2 aromatic heterocycles. The van der Waals surface area contributed by atoms with Gasteiger partial charge in [-0.1, -0.05) is 12.2 Å². The summed E-state index contributed by atoms with van der Waals surface area (Å²) in [5.41, 5.74) is 1.54. The Hall–Kier alpha value is -1.45. The molecule has 8 heteroatoms. The van der Waals surface area contributed by atoms with Crippen molar-refractivity contribution in [1.82, 2.24) is 9.97 Å². The van der Waals surface area contributed by atoms with Crippen LogP contribution in [0.1, 0.15) is 22.9 Å². The van der Waals surface area contributed by atoms with E-state index in [4.69, 9.17) is 17.0 Å². The Labute approximate surface area is 136 Å². The average molecular weight is 340 g/mol. The summed E-state index contributed by atoms with van der Waals surface area (Å²) in [5.74, 6) is -0.407. The lowest BCUT2D eigenvalue weighted by molar-refractivity contribution is -0.0229. The van der Waals surface area contributed by atoms with E-state index in [1.54, 1.807) is 19.9 Å². The quantitative estimate of drug-likeness (QED) is 0.613. The molecule has 0 spiro atoms. The molecule has 0 saturated carbocycles. The first kappa shape index (κ1) is 16.4. The number of aromatic amines is 1. The van der Waals surface area contributed by atoms with Crippen molar-refractivity contribution in [2.75, 3.05) is 6.61 Å².